The number of rotatable bonds is 4. The summed E-state index contributed by atoms with van der Waals surface area (Å²) in [6.07, 6.45) is 0. The summed E-state index contributed by atoms with van der Waals surface area (Å²) in [5, 5.41) is 7.90. The summed E-state index contributed by atoms with van der Waals surface area (Å²) in [6, 6.07) is 6.62. The second kappa shape index (κ2) is 6.33. The van der Waals surface area contributed by atoms with Crippen LogP contribution >= 0.6 is 43.2 Å². The van der Waals surface area contributed by atoms with Crippen LogP contribution in [0.5, 0.6) is 0 Å². The van der Waals surface area contributed by atoms with Crippen molar-refractivity contribution in [3.05, 3.63) is 54.6 Å². The molecule has 18 heavy (non-hydrogen) atoms. The third kappa shape index (κ3) is 2.87. The fraction of sp³-hybridized carbons (Fsp3) is 0.286. The summed E-state index contributed by atoms with van der Waals surface area (Å²) in [5.74, 6) is 0. The number of halogens is 2. The summed E-state index contributed by atoms with van der Waals surface area (Å²) >= 11 is 8.97. The summed E-state index contributed by atoms with van der Waals surface area (Å²) in [6.45, 7) is 5.24. The topological polar surface area (TPSA) is 12.0 Å². The number of thiophene rings is 1. The van der Waals surface area contributed by atoms with Crippen LogP contribution in [0.1, 0.15) is 29.7 Å². The van der Waals surface area contributed by atoms with Crippen molar-refractivity contribution in [2.24, 2.45) is 0 Å². The van der Waals surface area contributed by atoms with Gasteiger partial charge in [0.2, 0.25) is 0 Å². The molecule has 0 amide bonds. The SMILES string of the molecule is CCNC(c1cscc1Br)c1cccc(Br)c1C. The Labute approximate surface area is 129 Å². The first kappa shape index (κ1) is 14.3. The highest BCUT2D eigenvalue weighted by Gasteiger charge is 2.19. The first-order valence-electron chi connectivity index (χ1n) is 5.85. The maximum atomic E-state index is 3.64. The van der Waals surface area contributed by atoms with Crippen LogP contribution in [-0.4, -0.2) is 6.54 Å². The maximum Gasteiger partial charge on any atom is 0.0599 e. The molecule has 0 aliphatic carbocycles. The Morgan fingerprint density at radius 2 is 1.94 bits per heavy atom. The molecule has 1 nitrogen and oxygen atoms in total. The molecule has 1 aromatic heterocycles. The Bertz CT molecular complexity index is 536. The van der Waals surface area contributed by atoms with Crippen molar-refractivity contribution < 1.29 is 0 Å². The molecule has 0 aliphatic heterocycles. The Hall–Kier alpha value is -0.160. The standard InChI is InChI=1S/C14H15Br2NS/c1-3-17-14(11-7-18-8-13(11)16)10-5-4-6-12(15)9(10)2/h4-8,14,17H,3H2,1-2H3. The van der Waals surface area contributed by atoms with E-state index in [1.165, 1.54) is 21.2 Å². The highest BCUT2D eigenvalue weighted by atomic mass is 79.9. The zero-order valence-corrected chi connectivity index (χ0v) is 14.3. The molecule has 1 atom stereocenters. The average molecular weight is 389 g/mol. The molecule has 1 unspecified atom stereocenters. The van der Waals surface area contributed by atoms with E-state index >= 15 is 0 Å². The van der Waals surface area contributed by atoms with E-state index in [1.54, 1.807) is 11.3 Å². The molecular weight excluding hydrogens is 374 g/mol. The minimum absolute atomic E-state index is 0.244. The minimum atomic E-state index is 0.244. The van der Waals surface area contributed by atoms with Gasteiger partial charge in [-0.25, -0.2) is 0 Å². The third-order valence-corrected chi connectivity index (χ3v) is 5.59. The summed E-state index contributed by atoms with van der Waals surface area (Å²) < 4.78 is 2.34. The van der Waals surface area contributed by atoms with E-state index in [4.69, 9.17) is 0 Å². The first-order valence-corrected chi connectivity index (χ1v) is 8.38. The average Bonchev–Trinajstić information content (AvgIpc) is 2.76. The molecular formula is C14H15Br2NS. The van der Waals surface area contributed by atoms with Gasteiger partial charge in [0.1, 0.15) is 0 Å². The van der Waals surface area contributed by atoms with E-state index in [9.17, 15) is 0 Å². The lowest BCUT2D eigenvalue weighted by Crippen LogP contribution is -2.22. The van der Waals surface area contributed by atoms with Crippen LogP contribution in [0.25, 0.3) is 0 Å². The van der Waals surface area contributed by atoms with Gasteiger partial charge in [0, 0.05) is 14.3 Å². The zero-order valence-electron chi connectivity index (χ0n) is 10.3. The fourth-order valence-corrected chi connectivity index (χ4v) is 3.96. The van der Waals surface area contributed by atoms with Crippen LogP contribution in [0, 0.1) is 6.92 Å². The van der Waals surface area contributed by atoms with Crippen molar-refractivity contribution in [3.63, 3.8) is 0 Å². The lowest BCUT2D eigenvalue weighted by Gasteiger charge is -2.21. The van der Waals surface area contributed by atoms with Gasteiger partial charge in [-0.2, -0.15) is 11.3 Å². The zero-order chi connectivity index (χ0) is 13.1. The Morgan fingerprint density at radius 3 is 2.56 bits per heavy atom. The summed E-state index contributed by atoms with van der Waals surface area (Å²) in [7, 11) is 0. The molecule has 4 heteroatoms. The summed E-state index contributed by atoms with van der Waals surface area (Å²) in [5.41, 5.74) is 3.93. The van der Waals surface area contributed by atoms with E-state index in [0.29, 0.717) is 0 Å². The second-order valence-electron chi connectivity index (χ2n) is 4.12. The number of hydrogen-bond acceptors (Lipinski definition) is 2. The molecule has 0 radical (unpaired) electrons. The van der Waals surface area contributed by atoms with Gasteiger partial charge in [-0.05, 0) is 57.5 Å². The van der Waals surface area contributed by atoms with Gasteiger partial charge in [-0.3, -0.25) is 0 Å². The van der Waals surface area contributed by atoms with Gasteiger partial charge in [-0.15, -0.1) is 0 Å². The monoisotopic (exact) mass is 387 g/mol. The molecule has 1 N–H and O–H groups in total. The number of hydrogen-bond donors (Lipinski definition) is 1. The van der Waals surface area contributed by atoms with Gasteiger partial charge >= 0.3 is 0 Å². The quantitative estimate of drug-likeness (QED) is 0.751. The van der Waals surface area contributed by atoms with E-state index < -0.39 is 0 Å². The molecule has 1 heterocycles. The van der Waals surface area contributed by atoms with Crippen molar-refractivity contribution in [2.45, 2.75) is 19.9 Å². The molecule has 0 spiro atoms. The Kier molecular flexibility index (Phi) is 5.01. The van der Waals surface area contributed by atoms with Crippen LogP contribution in [0.2, 0.25) is 0 Å². The predicted octanol–water partition coefficient (Wildman–Crippen LogP) is 5.28. The summed E-state index contributed by atoms with van der Waals surface area (Å²) in [4.78, 5) is 0. The maximum absolute atomic E-state index is 3.64. The van der Waals surface area contributed by atoms with E-state index in [1.807, 2.05) is 0 Å². The predicted molar refractivity (Wildman–Crippen MR) is 86.4 cm³/mol. The van der Waals surface area contributed by atoms with Crippen molar-refractivity contribution in [3.8, 4) is 0 Å². The van der Waals surface area contributed by atoms with Crippen molar-refractivity contribution in [1.82, 2.24) is 5.32 Å². The van der Waals surface area contributed by atoms with Crippen LogP contribution in [0.3, 0.4) is 0 Å². The van der Waals surface area contributed by atoms with E-state index in [2.05, 4.69) is 80.0 Å². The van der Waals surface area contributed by atoms with Crippen LogP contribution in [-0.2, 0) is 0 Å². The molecule has 0 saturated carbocycles. The third-order valence-electron chi connectivity index (χ3n) is 2.98. The highest BCUT2D eigenvalue weighted by Crippen LogP contribution is 2.34. The van der Waals surface area contributed by atoms with Crippen LogP contribution < -0.4 is 5.32 Å². The first-order chi connectivity index (χ1) is 8.65. The lowest BCUT2D eigenvalue weighted by atomic mass is 9.97. The molecule has 2 aromatic rings. The van der Waals surface area contributed by atoms with E-state index in [-0.39, 0.29) is 6.04 Å². The molecule has 2 rings (SSSR count). The minimum Gasteiger partial charge on any atom is -0.306 e. The van der Waals surface area contributed by atoms with Crippen molar-refractivity contribution in [2.75, 3.05) is 6.54 Å². The molecule has 1 aromatic carbocycles. The molecule has 0 saturated heterocycles. The van der Waals surface area contributed by atoms with Gasteiger partial charge < -0.3 is 5.32 Å². The molecule has 96 valence electrons. The Morgan fingerprint density at radius 1 is 1.17 bits per heavy atom. The lowest BCUT2D eigenvalue weighted by molar-refractivity contribution is 0.627. The van der Waals surface area contributed by atoms with Crippen molar-refractivity contribution in [1.29, 1.82) is 0 Å². The van der Waals surface area contributed by atoms with Gasteiger partial charge in [0.25, 0.3) is 0 Å². The van der Waals surface area contributed by atoms with Crippen LogP contribution in [0.4, 0.5) is 0 Å². The fourth-order valence-electron chi connectivity index (χ4n) is 2.03. The molecule has 0 aliphatic rings. The highest BCUT2D eigenvalue weighted by molar-refractivity contribution is 9.10. The second-order valence-corrected chi connectivity index (χ2v) is 6.57. The number of nitrogens with one attached hydrogen (secondary N) is 1. The molecule has 0 fully saturated rings. The van der Waals surface area contributed by atoms with Crippen LogP contribution in [0.15, 0.2) is 37.9 Å². The van der Waals surface area contributed by atoms with Gasteiger partial charge in [-0.1, -0.05) is 35.0 Å². The number of benzene rings is 1. The molecule has 0 bridgehead atoms. The normalized spacial score (nSPS) is 12.7. The smallest absolute Gasteiger partial charge is 0.0599 e. The largest absolute Gasteiger partial charge is 0.306 e. The van der Waals surface area contributed by atoms with Gasteiger partial charge in [0.15, 0.2) is 0 Å². The Balaban J connectivity index is 2.48. The van der Waals surface area contributed by atoms with E-state index in [0.717, 1.165) is 11.0 Å². The van der Waals surface area contributed by atoms with Crippen molar-refractivity contribution >= 4 is 43.2 Å². The van der Waals surface area contributed by atoms with Gasteiger partial charge in [0.05, 0.1) is 6.04 Å².